The monoisotopic (exact) mass is 324 g/mol. The summed E-state index contributed by atoms with van der Waals surface area (Å²) in [5, 5.41) is 3.44. The quantitative estimate of drug-likeness (QED) is 0.536. The molecule has 0 spiro atoms. The third kappa shape index (κ3) is 4.18. The van der Waals surface area contributed by atoms with Crippen molar-refractivity contribution in [3.05, 3.63) is 69.8 Å². The lowest BCUT2D eigenvalue weighted by molar-refractivity contribution is 0.681. The molecular formula is C22H29P. The molecule has 1 atom stereocenters. The van der Waals surface area contributed by atoms with Crippen molar-refractivity contribution < 1.29 is 0 Å². The Bertz CT molecular complexity index is 654. The van der Waals surface area contributed by atoms with Crippen LogP contribution < -0.4 is 0 Å². The fourth-order valence-corrected chi connectivity index (χ4v) is 5.81. The predicted octanol–water partition coefficient (Wildman–Crippen LogP) is 6.34. The van der Waals surface area contributed by atoms with Crippen LogP contribution in [0, 0.1) is 5.92 Å². The van der Waals surface area contributed by atoms with Crippen molar-refractivity contribution in [3.8, 4) is 0 Å². The topological polar surface area (TPSA) is 0 Å². The van der Waals surface area contributed by atoms with E-state index in [1.165, 1.54) is 37.7 Å². The SMILES string of the molecule is C=C(C)Cc1[pH]c(C/C(C)=C/CC2C=CC=C2)c2c1CCCC2. The second-order valence-electron chi connectivity index (χ2n) is 7.28. The maximum Gasteiger partial charge on any atom is -0.00126 e. The van der Waals surface area contributed by atoms with E-state index in [0.29, 0.717) is 5.92 Å². The van der Waals surface area contributed by atoms with Gasteiger partial charge in [0.1, 0.15) is 0 Å². The highest BCUT2D eigenvalue weighted by Crippen LogP contribution is 2.40. The summed E-state index contributed by atoms with van der Waals surface area (Å²) in [5.74, 6) is 0.621. The van der Waals surface area contributed by atoms with Crippen LogP contribution in [0.15, 0.2) is 48.1 Å². The molecule has 0 bridgehead atoms. The largest absolute Gasteiger partial charge is 0.132 e. The second-order valence-corrected chi connectivity index (χ2v) is 8.73. The fourth-order valence-electron chi connectivity index (χ4n) is 3.83. The molecule has 0 radical (unpaired) electrons. The molecule has 1 heterocycles. The summed E-state index contributed by atoms with van der Waals surface area (Å²) in [7, 11) is 0.932. The van der Waals surface area contributed by atoms with Crippen LogP contribution in [0.2, 0.25) is 0 Å². The van der Waals surface area contributed by atoms with Gasteiger partial charge in [-0.3, -0.25) is 0 Å². The highest BCUT2D eigenvalue weighted by atomic mass is 31.0. The van der Waals surface area contributed by atoms with Gasteiger partial charge in [-0.15, -0.1) is 8.19 Å². The first-order valence-corrected chi connectivity index (χ1v) is 10.00. The Balaban J connectivity index is 1.74. The Kier molecular flexibility index (Phi) is 5.44. The van der Waals surface area contributed by atoms with Crippen molar-refractivity contribution >= 4 is 8.19 Å². The summed E-state index contributed by atoms with van der Waals surface area (Å²) in [6, 6.07) is 0. The van der Waals surface area contributed by atoms with Crippen LogP contribution in [-0.4, -0.2) is 0 Å². The lowest BCUT2D eigenvalue weighted by Gasteiger charge is -2.15. The molecule has 0 saturated heterocycles. The van der Waals surface area contributed by atoms with Gasteiger partial charge in [0.15, 0.2) is 0 Å². The molecule has 2 aliphatic carbocycles. The van der Waals surface area contributed by atoms with Crippen molar-refractivity contribution in [2.75, 3.05) is 0 Å². The summed E-state index contributed by atoms with van der Waals surface area (Å²) in [5.41, 5.74) is 6.33. The normalized spacial score (nSPS) is 18.1. The van der Waals surface area contributed by atoms with Crippen molar-refractivity contribution in [1.82, 2.24) is 0 Å². The lowest BCUT2D eigenvalue weighted by atomic mass is 9.90. The van der Waals surface area contributed by atoms with E-state index in [9.17, 15) is 0 Å². The Hall–Kier alpha value is -1.26. The van der Waals surface area contributed by atoms with Gasteiger partial charge in [0, 0.05) is 0 Å². The zero-order chi connectivity index (χ0) is 16.2. The first kappa shape index (κ1) is 16.6. The molecule has 122 valence electrons. The average molecular weight is 324 g/mol. The summed E-state index contributed by atoms with van der Waals surface area (Å²) < 4.78 is 0. The predicted molar refractivity (Wildman–Crippen MR) is 105 cm³/mol. The molecule has 1 heteroatoms. The maximum absolute atomic E-state index is 4.14. The van der Waals surface area contributed by atoms with E-state index in [4.69, 9.17) is 0 Å². The van der Waals surface area contributed by atoms with Gasteiger partial charge in [0.25, 0.3) is 0 Å². The van der Waals surface area contributed by atoms with Crippen LogP contribution in [-0.2, 0) is 25.7 Å². The van der Waals surface area contributed by atoms with Gasteiger partial charge in [-0.1, -0.05) is 48.1 Å². The number of hydrogen-bond acceptors (Lipinski definition) is 0. The number of rotatable bonds is 6. The van der Waals surface area contributed by atoms with Crippen LogP contribution in [0.3, 0.4) is 0 Å². The van der Waals surface area contributed by atoms with Crippen LogP contribution >= 0.6 is 8.19 Å². The Morgan fingerprint density at radius 3 is 2.30 bits per heavy atom. The molecule has 1 unspecified atom stereocenters. The molecule has 3 rings (SSSR count). The van der Waals surface area contributed by atoms with Crippen LogP contribution in [0.25, 0.3) is 0 Å². The molecule has 23 heavy (non-hydrogen) atoms. The number of hydrogen-bond donors (Lipinski definition) is 0. The molecule has 0 aliphatic heterocycles. The number of allylic oxidation sites excluding steroid dienone is 7. The van der Waals surface area contributed by atoms with Crippen LogP contribution in [0.4, 0.5) is 0 Å². The second kappa shape index (κ2) is 7.54. The summed E-state index contributed by atoms with van der Waals surface area (Å²) >= 11 is 0. The van der Waals surface area contributed by atoms with Crippen molar-refractivity contribution in [3.63, 3.8) is 0 Å². The highest BCUT2D eigenvalue weighted by Gasteiger charge is 2.19. The zero-order valence-corrected chi connectivity index (χ0v) is 15.6. The van der Waals surface area contributed by atoms with E-state index in [1.54, 1.807) is 27.3 Å². The summed E-state index contributed by atoms with van der Waals surface area (Å²) in [6.45, 7) is 8.64. The Morgan fingerprint density at radius 2 is 1.70 bits per heavy atom. The zero-order valence-electron chi connectivity index (χ0n) is 14.6. The summed E-state index contributed by atoms with van der Waals surface area (Å²) in [6.07, 6.45) is 20.3. The van der Waals surface area contributed by atoms with E-state index in [1.807, 2.05) is 0 Å². The molecular weight excluding hydrogens is 295 g/mol. The third-order valence-electron chi connectivity index (χ3n) is 5.00. The molecule has 2 aliphatic rings. The lowest BCUT2D eigenvalue weighted by Crippen LogP contribution is -2.04. The van der Waals surface area contributed by atoms with Gasteiger partial charge in [-0.25, -0.2) is 0 Å². The fraction of sp³-hybridized carbons (Fsp3) is 0.455. The molecule has 0 saturated carbocycles. The average Bonchev–Trinajstić information content (AvgIpc) is 3.14. The molecule has 0 amide bonds. The van der Waals surface area contributed by atoms with Crippen LogP contribution in [0.1, 0.15) is 54.8 Å². The third-order valence-corrected chi connectivity index (χ3v) is 6.56. The van der Waals surface area contributed by atoms with E-state index in [-0.39, 0.29) is 0 Å². The maximum atomic E-state index is 4.14. The Labute approximate surface area is 143 Å². The van der Waals surface area contributed by atoms with E-state index < -0.39 is 0 Å². The smallest absolute Gasteiger partial charge is 0.00126 e. The minimum atomic E-state index is 0.621. The molecule has 0 aromatic carbocycles. The summed E-state index contributed by atoms with van der Waals surface area (Å²) in [4.78, 5) is 0. The van der Waals surface area contributed by atoms with Crippen LogP contribution in [0.5, 0.6) is 0 Å². The van der Waals surface area contributed by atoms with Gasteiger partial charge in [-0.05, 0) is 86.4 Å². The number of fused-ring (bicyclic) bond motifs is 1. The minimum absolute atomic E-state index is 0.621. The first-order chi connectivity index (χ1) is 11.1. The van der Waals surface area contributed by atoms with Gasteiger partial charge < -0.3 is 0 Å². The van der Waals surface area contributed by atoms with E-state index in [2.05, 4.69) is 50.8 Å². The minimum Gasteiger partial charge on any atom is -0.132 e. The highest BCUT2D eigenvalue weighted by molar-refractivity contribution is 7.32. The van der Waals surface area contributed by atoms with Gasteiger partial charge in [0.05, 0.1) is 0 Å². The van der Waals surface area contributed by atoms with Crippen molar-refractivity contribution in [2.45, 2.75) is 58.8 Å². The molecule has 0 N–H and O–H groups in total. The first-order valence-electron chi connectivity index (χ1n) is 9.00. The molecule has 0 nitrogen and oxygen atoms in total. The van der Waals surface area contributed by atoms with Crippen molar-refractivity contribution in [1.29, 1.82) is 0 Å². The van der Waals surface area contributed by atoms with Crippen molar-refractivity contribution in [2.24, 2.45) is 5.92 Å². The molecule has 0 fully saturated rings. The van der Waals surface area contributed by atoms with E-state index in [0.717, 1.165) is 21.0 Å². The molecule has 1 aromatic rings. The van der Waals surface area contributed by atoms with Gasteiger partial charge in [-0.2, -0.15) is 0 Å². The van der Waals surface area contributed by atoms with E-state index >= 15 is 0 Å². The standard InChI is InChI=1S/C22H29P/c1-16(2)14-21-19-10-6-7-11-20(19)22(23-21)15-17(3)12-13-18-8-4-5-9-18/h4-5,8-9,12,18,23H,1,6-7,10-11,13-15H2,2-3H3/b17-12+. The van der Waals surface area contributed by atoms with Gasteiger partial charge in [0.2, 0.25) is 0 Å². The Morgan fingerprint density at radius 1 is 1.09 bits per heavy atom. The molecule has 1 aromatic heterocycles. The van der Waals surface area contributed by atoms with Gasteiger partial charge >= 0.3 is 0 Å².